The third kappa shape index (κ3) is 5.19. The summed E-state index contributed by atoms with van der Waals surface area (Å²) in [7, 11) is 0. The van der Waals surface area contributed by atoms with Gasteiger partial charge in [0.25, 0.3) is 0 Å². The Kier molecular flexibility index (Phi) is 6.57. The lowest BCUT2D eigenvalue weighted by atomic mass is 9.88. The Morgan fingerprint density at radius 2 is 1.26 bits per heavy atom. The van der Waals surface area contributed by atoms with Gasteiger partial charge in [-0.05, 0) is 36.8 Å². The van der Waals surface area contributed by atoms with Gasteiger partial charge in [-0.1, -0.05) is 60.7 Å². The van der Waals surface area contributed by atoms with Crippen LogP contribution in [-0.4, -0.2) is 48.1 Å². The third-order valence-corrected chi connectivity index (χ3v) is 6.31. The molecule has 0 radical (unpaired) electrons. The maximum absolute atomic E-state index is 3.49. The highest BCUT2D eigenvalue weighted by Gasteiger charge is 2.29. The molecule has 2 aromatic carbocycles. The van der Waals surface area contributed by atoms with Gasteiger partial charge in [0.2, 0.25) is 0 Å². The van der Waals surface area contributed by atoms with Crippen molar-refractivity contribution in [3.05, 3.63) is 71.8 Å². The van der Waals surface area contributed by atoms with Crippen LogP contribution in [0.1, 0.15) is 36.8 Å². The second-order valence-corrected chi connectivity index (χ2v) is 8.12. The van der Waals surface area contributed by atoms with E-state index in [1.807, 2.05) is 0 Å². The van der Waals surface area contributed by atoms with E-state index < -0.39 is 0 Å². The van der Waals surface area contributed by atoms with Crippen LogP contribution in [0.25, 0.3) is 0 Å². The molecule has 0 spiro atoms. The Hall–Kier alpha value is -1.68. The van der Waals surface area contributed by atoms with Gasteiger partial charge in [-0.25, -0.2) is 0 Å². The van der Waals surface area contributed by atoms with E-state index in [-0.39, 0.29) is 0 Å². The van der Waals surface area contributed by atoms with Crippen molar-refractivity contribution in [2.75, 3.05) is 26.2 Å². The van der Waals surface area contributed by atoms with E-state index in [0.29, 0.717) is 6.04 Å². The highest BCUT2D eigenvalue weighted by molar-refractivity contribution is 5.17. The average molecular weight is 364 g/mol. The van der Waals surface area contributed by atoms with E-state index in [0.717, 1.165) is 32.2 Å². The maximum atomic E-state index is 3.49. The van der Waals surface area contributed by atoms with Crippen LogP contribution in [0.3, 0.4) is 0 Å². The van der Waals surface area contributed by atoms with Gasteiger partial charge in [0.15, 0.2) is 0 Å². The van der Waals surface area contributed by atoms with E-state index >= 15 is 0 Å². The van der Waals surface area contributed by atoms with Crippen molar-refractivity contribution in [1.29, 1.82) is 0 Å². The van der Waals surface area contributed by atoms with Crippen LogP contribution in [0.2, 0.25) is 0 Å². The molecule has 0 bridgehead atoms. The first-order valence-corrected chi connectivity index (χ1v) is 10.6. The summed E-state index contributed by atoms with van der Waals surface area (Å²) in [5, 5.41) is 3.49. The summed E-state index contributed by atoms with van der Waals surface area (Å²) >= 11 is 0. The van der Waals surface area contributed by atoms with Gasteiger partial charge in [-0.3, -0.25) is 9.80 Å². The number of hydrogen-bond donors (Lipinski definition) is 1. The normalized spacial score (nSPS) is 24.2. The van der Waals surface area contributed by atoms with Crippen LogP contribution in [0.15, 0.2) is 60.7 Å². The Bertz CT molecular complexity index is 617. The van der Waals surface area contributed by atoms with Gasteiger partial charge in [-0.15, -0.1) is 0 Å². The summed E-state index contributed by atoms with van der Waals surface area (Å²) in [6.45, 7) is 6.89. The fraction of sp³-hybridized carbons (Fsp3) is 0.500. The van der Waals surface area contributed by atoms with Crippen LogP contribution in [0.5, 0.6) is 0 Å². The fourth-order valence-electron chi connectivity index (χ4n) is 4.79. The Morgan fingerprint density at radius 3 is 1.78 bits per heavy atom. The Morgan fingerprint density at radius 1 is 0.741 bits per heavy atom. The zero-order valence-corrected chi connectivity index (χ0v) is 16.4. The number of nitrogens with zero attached hydrogens (tertiary/aromatic N) is 2. The molecule has 0 amide bonds. The molecule has 4 rings (SSSR count). The van der Waals surface area contributed by atoms with Gasteiger partial charge >= 0.3 is 0 Å². The number of nitrogens with one attached hydrogen (secondary N) is 1. The Labute approximate surface area is 164 Å². The predicted molar refractivity (Wildman–Crippen MR) is 113 cm³/mol. The van der Waals surface area contributed by atoms with E-state index in [1.165, 1.54) is 49.9 Å². The fourth-order valence-corrected chi connectivity index (χ4v) is 4.79. The molecule has 3 nitrogen and oxygen atoms in total. The Balaban J connectivity index is 1.40. The topological polar surface area (TPSA) is 18.5 Å². The molecule has 0 atom stereocenters. The van der Waals surface area contributed by atoms with E-state index in [9.17, 15) is 0 Å². The van der Waals surface area contributed by atoms with Gasteiger partial charge in [-0.2, -0.15) is 0 Å². The average Bonchev–Trinajstić information content (AvgIpc) is 2.76. The lowest BCUT2D eigenvalue weighted by Gasteiger charge is -2.42. The minimum Gasteiger partial charge on any atom is -0.314 e. The lowest BCUT2D eigenvalue weighted by molar-refractivity contribution is 0.0797. The van der Waals surface area contributed by atoms with Crippen molar-refractivity contribution in [1.82, 2.24) is 15.1 Å². The standard InChI is InChI=1S/C24H33N3/c1-3-7-21(8-4-1)19-27(20-22-9-5-2-6-10-22)24-13-11-23(12-14-24)26-17-15-25-16-18-26/h1-10,23-25H,11-20H2. The molecule has 2 aliphatic rings. The van der Waals surface area contributed by atoms with Crippen LogP contribution in [0, 0.1) is 0 Å². The quantitative estimate of drug-likeness (QED) is 0.840. The molecule has 0 unspecified atom stereocenters. The molecule has 27 heavy (non-hydrogen) atoms. The molecule has 1 saturated carbocycles. The summed E-state index contributed by atoms with van der Waals surface area (Å²) in [5.41, 5.74) is 2.86. The monoisotopic (exact) mass is 363 g/mol. The summed E-state index contributed by atoms with van der Waals surface area (Å²) in [6, 6.07) is 23.5. The highest BCUT2D eigenvalue weighted by Crippen LogP contribution is 2.29. The summed E-state index contributed by atoms with van der Waals surface area (Å²) < 4.78 is 0. The van der Waals surface area contributed by atoms with Crippen molar-refractivity contribution < 1.29 is 0 Å². The van der Waals surface area contributed by atoms with Crippen molar-refractivity contribution >= 4 is 0 Å². The van der Waals surface area contributed by atoms with Crippen LogP contribution >= 0.6 is 0 Å². The van der Waals surface area contributed by atoms with Crippen LogP contribution < -0.4 is 5.32 Å². The predicted octanol–water partition coefficient (Wildman–Crippen LogP) is 3.91. The lowest BCUT2D eigenvalue weighted by Crippen LogP contribution is -2.50. The second-order valence-electron chi connectivity index (χ2n) is 8.12. The molecule has 1 aliphatic carbocycles. The zero-order valence-electron chi connectivity index (χ0n) is 16.4. The number of piperazine rings is 1. The highest BCUT2D eigenvalue weighted by atomic mass is 15.2. The molecule has 0 aromatic heterocycles. The van der Waals surface area contributed by atoms with Crippen molar-refractivity contribution in [3.8, 4) is 0 Å². The van der Waals surface area contributed by atoms with Gasteiger partial charge in [0.1, 0.15) is 0 Å². The van der Waals surface area contributed by atoms with Gasteiger partial charge in [0.05, 0.1) is 0 Å². The van der Waals surface area contributed by atoms with E-state index in [4.69, 9.17) is 0 Å². The SMILES string of the molecule is c1ccc(CN(Cc2ccccc2)C2CCC(N3CCNCC3)CC2)cc1. The van der Waals surface area contributed by atoms with Crippen LogP contribution in [0.4, 0.5) is 0 Å². The molecule has 1 N–H and O–H groups in total. The molecule has 2 aromatic rings. The molecule has 3 heteroatoms. The molecule has 1 aliphatic heterocycles. The molecule has 2 fully saturated rings. The van der Waals surface area contributed by atoms with Crippen molar-refractivity contribution in [2.45, 2.75) is 50.9 Å². The van der Waals surface area contributed by atoms with Gasteiger partial charge < -0.3 is 5.32 Å². The van der Waals surface area contributed by atoms with Crippen LogP contribution in [-0.2, 0) is 13.1 Å². The number of benzene rings is 2. The third-order valence-electron chi connectivity index (χ3n) is 6.31. The van der Waals surface area contributed by atoms with E-state index in [1.54, 1.807) is 0 Å². The molecule has 1 saturated heterocycles. The minimum atomic E-state index is 0.699. The first-order chi connectivity index (χ1) is 13.4. The smallest absolute Gasteiger partial charge is 0.0240 e. The second kappa shape index (κ2) is 9.50. The van der Waals surface area contributed by atoms with Gasteiger partial charge in [0, 0.05) is 51.4 Å². The zero-order chi connectivity index (χ0) is 18.3. The first-order valence-electron chi connectivity index (χ1n) is 10.6. The number of rotatable bonds is 6. The van der Waals surface area contributed by atoms with Crippen molar-refractivity contribution in [2.24, 2.45) is 0 Å². The summed E-state index contributed by atoms with van der Waals surface area (Å²) in [5.74, 6) is 0. The largest absolute Gasteiger partial charge is 0.314 e. The summed E-state index contributed by atoms with van der Waals surface area (Å²) in [4.78, 5) is 5.45. The first kappa shape index (κ1) is 18.7. The molecule has 144 valence electrons. The minimum absolute atomic E-state index is 0.699. The van der Waals surface area contributed by atoms with Crippen molar-refractivity contribution in [3.63, 3.8) is 0 Å². The van der Waals surface area contributed by atoms with E-state index in [2.05, 4.69) is 75.8 Å². The number of hydrogen-bond acceptors (Lipinski definition) is 3. The maximum Gasteiger partial charge on any atom is 0.0240 e. The molecule has 1 heterocycles. The summed E-state index contributed by atoms with van der Waals surface area (Å²) in [6.07, 6.45) is 5.36. The molecular formula is C24H33N3. The molecular weight excluding hydrogens is 330 g/mol.